The number of sulfonamides is 1. The highest BCUT2D eigenvalue weighted by Crippen LogP contribution is 2.26. The van der Waals surface area contributed by atoms with E-state index in [1.807, 2.05) is 13.8 Å². The van der Waals surface area contributed by atoms with Gasteiger partial charge in [-0.1, -0.05) is 6.92 Å². The summed E-state index contributed by atoms with van der Waals surface area (Å²) in [6.45, 7) is 4.46. The van der Waals surface area contributed by atoms with Gasteiger partial charge in [0.05, 0.1) is 5.75 Å². The van der Waals surface area contributed by atoms with Crippen LogP contribution in [0.2, 0.25) is 0 Å². The van der Waals surface area contributed by atoms with Crippen molar-refractivity contribution in [1.82, 2.24) is 4.31 Å². The Labute approximate surface area is 107 Å². The third-order valence-electron chi connectivity index (χ3n) is 2.98. The summed E-state index contributed by atoms with van der Waals surface area (Å²) in [4.78, 5) is 10.4. The van der Waals surface area contributed by atoms with Crippen LogP contribution in [0.1, 0.15) is 26.7 Å². The third kappa shape index (κ3) is 4.15. The first-order valence-electron chi connectivity index (χ1n) is 5.67. The van der Waals surface area contributed by atoms with Crippen molar-refractivity contribution in [2.75, 3.05) is 18.1 Å². The van der Waals surface area contributed by atoms with Gasteiger partial charge in [0.1, 0.15) is 0 Å². The van der Waals surface area contributed by atoms with Crippen LogP contribution in [0.3, 0.4) is 0 Å². The molecule has 0 aromatic heterocycles. The van der Waals surface area contributed by atoms with Crippen LogP contribution >= 0.6 is 11.8 Å². The molecule has 1 aliphatic rings. The molecule has 0 radical (unpaired) electrons. The zero-order chi connectivity index (χ0) is 13.1. The number of hydrogen-bond donors (Lipinski definition) is 1. The van der Waals surface area contributed by atoms with E-state index in [2.05, 4.69) is 0 Å². The third-order valence-corrected chi connectivity index (χ3v) is 6.35. The zero-order valence-corrected chi connectivity index (χ0v) is 11.8. The highest BCUT2D eigenvalue weighted by atomic mass is 32.2. The lowest BCUT2D eigenvalue weighted by molar-refractivity contribution is -0.137. The van der Waals surface area contributed by atoms with Gasteiger partial charge in [0, 0.05) is 30.0 Å². The van der Waals surface area contributed by atoms with E-state index in [1.54, 1.807) is 11.8 Å². The smallest absolute Gasteiger partial charge is 0.303 e. The summed E-state index contributed by atoms with van der Waals surface area (Å²) in [5.41, 5.74) is 0. The second-order valence-electron chi connectivity index (χ2n) is 4.24. The van der Waals surface area contributed by atoms with Gasteiger partial charge in [-0.15, -0.1) is 0 Å². The molecule has 0 saturated carbocycles. The van der Waals surface area contributed by atoms with Crippen molar-refractivity contribution in [2.24, 2.45) is 0 Å². The fourth-order valence-corrected chi connectivity index (χ4v) is 4.92. The minimum atomic E-state index is -3.30. The molecule has 17 heavy (non-hydrogen) atoms. The molecule has 2 atom stereocenters. The van der Waals surface area contributed by atoms with Crippen LogP contribution < -0.4 is 0 Å². The van der Waals surface area contributed by atoms with Gasteiger partial charge in [0.2, 0.25) is 10.0 Å². The molecule has 5 nitrogen and oxygen atoms in total. The van der Waals surface area contributed by atoms with Gasteiger partial charge < -0.3 is 5.11 Å². The molecular weight excluding hydrogens is 262 g/mol. The standard InChI is InChI=1S/C10H19NO4S2/c1-8-9(2)16-6-5-11(8)17(14,15)7-3-4-10(12)13/h8-9H,3-7H2,1-2H3,(H,12,13). The van der Waals surface area contributed by atoms with E-state index in [-0.39, 0.29) is 29.9 Å². The van der Waals surface area contributed by atoms with Crippen LogP contribution in [0.15, 0.2) is 0 Å². The lowest BCUT2D eigenvalue weighted by Gasteiger charge is -2.36. The summed E-state index contributed by atoms with van der Waals surface area (Å²) < 4.78 is 25.6. The van der Waals surface area contributed by atoms with Crippen molar-refractivity contribution in [1.29, 1.82) is 0 Å². The normalized spacial score (nSPS) is 26.9. The molecule has 0 spiro atoms. The summed E-state index contributed by atoms with van der Waals surface area (Å²) in [6, 6.07) is -0.0106. The van der Waals surface area contributed by atoms with Crippen LogP contribution in [0.4, 0.5) is 0 Å². The Morgan fingerprint density at radius 3 is 2.71 bits per heavy atom. The largest absolute Gasteiger partial charge is 0.481 e. The number of aliphatic carboxylic acids is 1. The molecule has 0 aromatic rings. The highest BCUT2D eigenvalue weighted by Gasteiger charge is 2.33. The van der Waals surface area contributed by atoms with Gasteiger partial charge in [-0.05, 0) is 13.3 Å². The number of rotatable bonds is 5. The molecule has 1 heterocycles. The molecule has 7 heteroatoms. The summed E-state index contributed by atoms with van der Waals surface area (Å²) in [7, 11) is -3.30. The van der Waals surface area contributed by atoms with Crippen molar-refractivity contribution >= 4 is 27.8 Å². The molecule has 0 bridgehead atoms. The van der Waals surface area contributed by atoms with Crippen LogP contribution in [-0.2, 0) is 14.8 Å². The summed E-state index contributed by atoms with van der Waals surface area (Å²) >= 11 is 1.77. The molecule has 1 aliphatic heterocycles. The Hall–Kier alpha value is -0.270. The molecule has 1 fully saturated rings. The Morgan fingerprint density at radius 1 is 1.47 bits per heavy atom. The molecule has 1 rings (SSSR count). The average Bonchev–Trinajstić information content (AvgIpc) is 2.21. The predicted octanol–water partition coefficient (Wildman–Crippen LogP) is 1.01. The fourth-order valence-electron chi connectivity index (χ4n) is 1.82. The van der Waals surface area contributed by atoms with Gasteiger partial charge in [-0.25, -0.2) is 8.42 Å². The first kappa shape index (κ1) is 14.8. The number of carboxylic acids is 1. The van der Waals surface area contributed by atoms with Gasteiger partial charge in [0.25, 0.3) is 0 Å². The van der Waals surface area contributed by atoms with Crippen molar-refractivity contribution in [3.05, 3.63) is 0 Å². The molecule has 100 valence electrons. The average molecular weight is 281 g/mol. The molecule has 0 amide bonds. The van der Waals surface area contributed by atoms with Crippen molar-refractivity contribution in [2.45, 2.75) is 38.0 Å². The number of carboxylic acid groups (broad SMARTS) is 1. The van der Waals surface area contributed by atoms with Crippen molar-refractivity contribution in [3.63, 3.8) is 0 Å². The predicted molar refractivity (Wildman–Crippen MR) is 68.7 cm³/mol. The highest BCUT2D eigenvalue weighted by molar-refractivity contribution is 8.00. The Bertz CT molecular complexity index is 369. The Morgan fingerprint density at radius 2 is 2.12 bits per heavy atom. The molecule has 0 aromatic carbocycles. The van der Waals surface area contributed by atoms with E-state index in [4.69, 9.17) is 5.11 Å². The van der Waals surface area contributed by atoms with Gasteiger partial charge in [0.15, 0.2) is 0 Å². The van der Waals surface area contributed by atoms with Crippen LogP contribution in [0.25, 0.3) is 0 Å². The van der Waals surface area contributed by atoms with E-state index in [1.165, 1.54) is 4.31 Å². The molecule has 1 N–H and O–H groups in total. The quantitative estimate of drug-likeness (QED) is 0.814. The number of hydrogen-bond acceptors (Lipinski definition) is 4. The molecular formula is C10H19NO4S2. The minimum Gasteiger partial charge on any atom is -0.481 e. The zero-order valence-electron chi connectivity index (χ0n) is 10.1. The second-order valence-corrected chi connectivity index (χ2v) is 7.77. The topological polar surface area (TPSA) is 74.7 Å². The molecule has 1 saturated heterocycles. The summed E-state index contributed by atoms with van der Waals surface area (Å²) in [5.74, 6) is -0.208. The van der Waals surface area contributed by atoms with Gasteiger partial charge in [-0.3, -0.25) is 4.79 Å². The molecule has 0 aliphatic carbocycles. The summed E-state index contributed by atoms with van der Waals surface area (Å²) in [5, 5.41) is 8.79. The second kappa shape index (κ2) is 6.06. The number of nitrogens with zero attached hydrogens (tertiary/aromatic N) is 1. The maximum absolute atomic E-state index is 12.0. The van der Waals surface area contributed by atoms with Crippen molar-refractivity contribution < 1.29 is 18.3 Å². The maximum Gasteiger partial charge on any atom is 0.303 e. The van der Waals surface area contributed by atoms with Crippen LogP contribution in [0, 0.1) is 0 Å². The van der Waals surface area contributed by atoms with Gasteiger partial charge in [-0.2, -0.15) is 16.1 Å². The minimum absolute atomic E-state index is 0.0106. The Kier molecular flexibility index (Phi) is 5.27. The lowest BCUT2D eigenvalue weighted by atomic mass is 10.2. The Balaban J connectivity index is 2.59. The lowest BCUT2D eigenvalue weighted by Crippen LogP contribution is -2.48. The fraction of sp³-hybridized carbons (Fsp3) is 0.900. The van der Waals surface area contributed by atoms with E-state index < -0.39 is 16.0 Å². The van der Waals surface area contributed by atoms with E-state index in [9.17, 15) is 13.2 Å². The molecule has 2 unspecified atom stereocenters. The van der Waals surface area contributed by atoms with E-state index in [0.29, 0.717) is 6.54 Å². The monoisotopic (exact) mass is 281 g/mol. The number of carbonyl (C=O) groups is 1. The van der Waals surface area contributed by atoms with E-state index in [0.717, 1.165) is 5.75 Å². The SMILES string of the molecule is CC1SCCN(S(=O)(=O)CCCC(=O)O)C1C. The summed E-state index contributed by atoms with van der Waals surface area (Å²) in [6.07, 6.45) is 0.0914. The van der Waals surface area contributed by atoms with Crippen LogP contribution in [0.5, 0.6) is 0 Å². The van der Waals surface area contributed by atoms with Crippen LogP contribution in [-0.4, -0.2) is 53.1 Å². The maximum atomic E-state index is 12.0. The van der Waals surface area contributed by atoms with Crippen molar-refractivity contribution in [3.8, 4) is 0 Å². The first-order chi connectivity index (χ1) is 7.84. The first-order valence-corrected chi connectivity index (χ1v) is 8.33. The van der Waals surface area contributed by atoms with Gasteiger partial charge >= 0.3 is 5.97 Å². The van der Waals surface area contributed by atoms with E-state index >= 15 is 0 Å². The number of thioether (sulfide) groups is 1.